The van der Waals surface area contributed by atoms with Crippen LogP contribution >= 0.6 is 0 Å². The van der Waals surface area contributed by atoms with Gasteiger partial charge in [0.15, 0.2) is 0 Å². The second-order valence-corrected chi connectivity index (χ2v) is 5.94. The number of aromatic nitrogens is 3. The number of benzene rings is 3. The number of carbonyl (C=O) groups excluding carboxylic acids is 1. The van der Waals surface area contributed by atoms with E-state index in [9.17, 15) is 4.79 Å². The fourth-order valence-corrected chi connectivity index (χ4v) is 2.74. The molecular formula is C21H18N4O2. The third-order valence-electron chi connectivity index (χ3n) is 4.05. The van der Waals surface area contributed by atoms with Crippen LogP contribution in [0.25, 0.3) is 16.7 Å². The minimum absolute atomic E-state index is 0.158. The predicted octanol–water partition coefficient (Wildman–Crippen LogP) is 4.07. The molecule has 0 spiro atoms. The second kappa shape index (κ2) is 7.29. The van der Waals surface area contributed by atoms with Crippen LogP contribution in [0.3, 0.4) is 0 Å². The van der Waals surface area contributed by atoms with Gasteiger partial charge in [-0.3, -0.25) is 4.79 Å². The maximum atomic E-state index is 12.3. The summed E-state index contributed by atoms with van der Waals surface area (Å²) in [6, 6.07) is 22.2. The smallest absolute Gasteiger partial charge is 0.255 e. The molecule has 1 aromatic heterocycles. The van der Waals surface area contributed by atoms with Gasteiger partial charge in [0.1, 0.15) is 16.8 Å². The number of hydrogen-bond acceptors (Lipinski definition) is 4. The minimum atomic E-state index is -0.158. The molecule has 4 aromatic rings. The lowest BCUT2D eigenvalue weighted by Crippen LogP contribution is -2.11. The maximum Gasteiger partial charge on any atom is 0.255 e. The largest absolute Gasteiger partial charge is 0.494 e. The van der Waals surface area contributed by atoms with Crippen molar-refractivity contribution in [3.63, 3.8) is 0 Å². The molecule has 0 bridgehead atoms. The van der Waals surface area contributed by atoms with Crippen LogP contribution in [0.2, 0.25) is 0 Å². The van der Waals surface area contributed by atoms with Crippen LogP contribution in [0.1, 0.15) is 17.3 Å². The Morgan fingerprint density at radius 3 is 2.44 bits per heavy atom. The summed E-state index contributed by atoms with van der Waals surface area (Å²) in [5, 5.41) is 11.9. The Bertz CT molecular complexity index is 1070. The lowest BCUT2D eigenvalue weighted by atomic mass is 10.2. The van der Waals surface area contributed by atoms with Crippen molar-refractivity contribution in [3.8, 4) is 11.4 Å². The monoisotopic (exact) mass is 358 g/mol. The zero-order chi connectivity index (χ0) is 18.6. The number of amides is 1. The van der Waals surface area contributed by atoms with Crippen molar-refractivity contribution >= 4 is 22.6 Å². The first-order chi connectivity index (χ1) is 13.2. The summed E-state index contributed by atoms with van der Waals surface area (Å²) in [6.45, 7) is 2.57. The zero-order valence-electron chi connectivity index (χ0n) is 14.8. The van der Waals surface area contributed by atoms with E-state index in [0.29, 0.717) is 23.4 Å². The molecule has 0 aliphatic rings. The highest BCUT2D eigenvalue weighted by atomic mass is 16.5. The first-order valence-corrected chi connectivity index (χ1v) is 8.69. The van der Waals surface area contributed by atoms with Crippen LogP contribution in [-0.4, -0.2) is 27.5 Å². The average Bonchev–Trinajstić information content (AvgIpc) is 3.13. The van der Waals surface area contributed by atoms with Crippen LogP contribution in [0.4, 0.5) is 5.69 Å². The highest BCUT2D eigenvalue weighted by molar-refractivity contribution is 6.04. The van der Waals surface area contributed by atoms with Gasteiger partial charge in [-0.05, 0) is 61.5 Å². The topological polar surface area (TPSA) is 69.0 Å². The summed E-state index contributed by atoms with van der Waals surface area (Å²) in [7, 11) is 0. The van der Waals surface area contributed by atoms with Crippen molar-refractivity contribution in [1.29, 1.82) is 0 Å². The van der Waals surface area contributed by atoms with Crippen molar-refractivity contribution in [2.24, 2.45) is 0 Å². The summed E-state index contributed by atoms with van der Waals surface area (Å²) in [4.78, 5) is 13.9. The Balaban J connectivity index is 1.57. The van der Waals surface area contributed by atoms with Gasteiger partial charge in [-0.15, -0.1) is 10.2 Å². The molecule has 0 saturated carbocycles. The van der Waals surface area contributed by atoms with Crippen LogP contribution in [0.5, 0.6) is 5.75 Å². The molecule has 1 heterocycles. The molecule has 134 valence electrons. The Morgan fingerprint density at radius 1 is 0.963 bits per heavy atom. The molecule has 0 fully saturated rings. The van der Waals surface area contributed by atoms with Gasteiger partial charge in [0.05, 0.1) is 12.3 Å². The van der Waals surface area contributed by atoms with E-state index in [0.717, 1.165) is 17.0 Å². The minimum Gasteiger partial charge on any atom is -0.494 e. The molecule has 1 amide bonds. The molecule has 3 aromatic carbocycles. The van der Waals surface area contributed by atoms with Crippen molar-refractivity contribution < 1.29 is 9.53 Å². The van der Waals surface area contributed by atoms with Crippen LogP contribution in [-0.2, 0) is 0 Å². The van der Waals surface area contributed by atoms with E-state index in [-0.39, 0.29) is 5.91 Å². The first kappa shape index (κ1) is 16.8. The fourth-order valence-electron chi connectivity index (χ4n) is 2.74. The zero-order valence-corrected chi connectivity index (χ0v) is 14.8. The number of fused-ring (bicyclic) bond motifs is 1. The highest BCUT2D eigenvalue weighted by Crippen LogP contribution is 2.19. The molecule has 27 heavy (non-hydrogen) atoms. The molecule has 0 radical (unpaired) electrons. The van der Waals surface area contributed by atoms with E-state index in [1.165, 1.54) is 0 Å². The molecule has 6 heteroatoms. The summed E-state index contributed by atoms with van der Waals surface area (Å²) in [5.74, 6) is 0.651. The lowest BCUT2D eigenvalue weighted by Gasteiger charge is -2.04. The maximum absolute atomic E-state index is 12.3. The second-order valence-electron chi connectivity index (χ2n) is 5.94. The number of nitrogens with zero attached hydrogens (tertiary/aromatic N) is 3. The predicted molar refractivity (Wildman–Crippen MR) is 104 cm³/mol. The van der Waals surface area contributed by atoms with Gasteiger partial charge in [-0.25, -0.2) is 0 Å². The van der Waals surface area contributed by atoms with E-state index < -0.39 is 0 Å². The van der Waals surface area contributed by atoms with E-state index in [4.69, 9.17) is 4.74 Å². The van der Waals surface area contributed by atoms with Gasteiger partial charge in [-0.1, -0.05) is 18.2 Å². The van der Waals surface area contributed by atoms with Gasteiger partial charge >= 0.3 is 0 Å². The summed E-state index contributed by atoms with van der Waals surface area (Å²) in [5.41, 5.74) is 3.58. The molecule has 0 saturated heterocycles. The quantitative estimate of drug-likeness (QED) is 0.584. The molecule has 1 N–H and O–H groups in total. The number of rotatable bonds is 5. The molecule has 6 nitrogen and oxygen atoms in total. The Hall–Kier alpha value is -3.67. The number of ether oxygens (including phenoxy) is 1. The Kier molecular flexibility index (Phi) is 4.53. The molecule has 0 atom stereocenters. The molecule has 0 aliphatic heterocycles. The first-order valence-electron chi connectivity index (χ1n) is 8.69. The summed E-state index contributed by atoms with van der Waals surface area (Å²) < 4.78 is 5.45. The Morgan fingerprint density at radius 2 is 1.70 bits per heavy atom. The lowest BCUT2D eigenvalue weighted by molar-refractivity contribution is 0.102. The summed E-state index contributed by atoms with van der Waals surface area (Å²) in [6.07, 6.45) is 0. The average molecular weight is 358 g/mol. The third kappa shape index (κ3) is 3.64. The van der Waals surface area contributed by atoms with Crippen molar-refractivity contribution in [1.82, 2.24) is 15.0 Å². The van der Waals surface area contributed by atoms with E-state index in [1.807, 2.05) is 67.6 Å². The van der Waals surface area contributed by atoms with Gasteiger partial charge in [0.25, 0.3) is 5.91 Å². The highest BCUT2D eigenvalue weighted by Gasteiger charge is 2.09. The van der Waals surface area contributed by atoms with E-state index in [1.54, 1.807) is 16.9 Å². The number of carbonyl (C=O) groups is 1. The van der Waals surface area contributed by atoms with Crippen LogP contribution in [0.15, 0.2) is 72.8 Å². The van der Waals surface area contributed by atoms with Gasteiger partial charge in [0.2, 0.25) is 0 Å². The molecule has 4 rings (SSSR count). The molecular weight excluding hydrogens is 340 g/mol. The number of hydrogen-bond donors (Lipinski definition) is 1. The normalized spacial score (nSPS) is 10.7. The van der Waals surface area contributed by atoms with Crippen molar-refractivity contribution in [2.75, 3.05) is 11.9 Å². The van der Waals surface area contributed by atoms with Crippen molar-refractivity contribution in [3.05, 3.63) is 78.4 Å². The van der Waals surface area contributed by atoms with Gasteiger partial charge < -0.3 is 10.1 Å². The van der Waals surface area contributed by atoms with Crippen LogP contribution < -0.4 is 10.1 Å². The number of anilines is 1. The third-order valence-corrected chi connectivity index (χ3v) is 4.05. The van der Waals surface area contributed by atoms with Crippen LogP contribution in [0, 0.1) is 0 Å². The summed E-state index contributed by atoms with van der Waals surface area (Å²) >= 11 is 0. The Labute approximate surface area is 156 Å². The van der Waals surface area contributed by atoms with E-state index >= 15 is 0 Å². The molecule has 0 unspecified atom stereocenters. The molecule has 0 aliphatic carbocycles. The SMILES string of the molecule is CCOc1ccc(-n2nc3ccc(NC(=O)c4ccccc4)cc3n2)cc1. The fraction of sp³-hybridized carbons (Fsp3) is 0.0952. The van der Waals surface area contributed by atoms with E-state index in [2.05, 4.69) is 15.5 Å². The standard InChI is InChI=1S/C21H18N4O2/c1-2-27-18-11-9-17(10-12-18)25-23-19-13-8-16(14-20(19)24-25)22-21(26)15-6-4-3-5-7-15/h3-14H,2H2,1H3,(H,22,26). The van der Waals surface area contributed by atoms with Gasteiger partial charge in [-0.2, -0.15) is 4.80 Å². The van der Waals surface area contributed by atoms with Gasteiger partial charge in [0, 0.05) is 11.3 Å². The van der Waals surface area contributed by atoms with Crippen molar-refractivity contribution in [2.45, 2.75) is 6.92 Å². The number of nitrogens with one attached hydrogen (secondary N) is 1.